The summed E-state index contributed by atoms with van der Waals surface area (Å²) in [4.78, 5) is 85.3. The Morgan fingerprint density at radius 1 is 0.214 bits per heavy atom. The van der Waals surface area contributed by atoms with Crippen molar-refractivity contribution in [3.63, 3.8) is 0 Å². The SMILES string of the molecule is CCCCCCCCC(CCCCCCCC)OC(=O)CCCCCCCN(CCCCCCCC(=O)OC(CCCCCCCC)CCCCCCCC)CCCNC(=O)CCC(=O)NCCCN(CCCCCCCC(=O)OC(CCCCCCCC)CCCCCCCC)CCCCCCC(C)(C)C(=O)OC(CCCCCCCC)CCCCCCCC. The summed E-state index contributed by atoms with van der Waals surface area (Å²) in [5, 5.41) is 6.31. The summed E-state index contributed by atoms with van der Waals surface area (Å²) in [5.41, 5.74) is -0.506. The van der Waals surface area contributed by atoms with Gasteiger partial charge in [-0.05, 0) is 220 Å². The minimum absolute atomic E-state index is 0.00687. The van der Waals surface area contributed by atoms with E-state index in [9.17, 15) is 28.8 Å². The van der Waals surface area contributed by atoms with E-state index in [0.717, 1.165) is 283 Å². The average Bonchev–Trinajstić information content (AvgIpc) is 0.870. The lowest BCUT2D eigenvalue weighted by molar-refractivity contribution is -0.161. The van der Waals surface area contributed by atoms with Crippen LogP contribution in [0.3, 0.4) is 0 Å². The molecule has 2 amide bonds. The number of nitrogens with zero attached hydrogens (tertiary/aromatic N) is 2. The van der Waals surface area contributed by atoms with Crippen LogP contribution in [0.1, 0.15) is 602 Å². The van der Waals surface area contributed by atoms with Crippen LogP contribution in [0, 0.1) is 5.41 Å². The van der Waals surface area contributed by atoms with Crippen LogP contribution in [0.25, 0.3) is 0 Å². The van der Waals surface area contributed by atoms with Gasteiger partial charge >= 0.3 is 23.9 Å². The molecule has 0 aromatic heterocycles. The van der Waals surface area contributed by atoms with E-state index in [-0.39, 0.29) is 72.9 Å². The number of nitrogens with one attached hydrogen (secondary N) is 2. The lowest BCUT2D eigenvalue weighted by Crippen LogP contribution is -2.33. The number of unbranched alkanes of at least 4 members (excludes halogenated alkanes) is 55. The zero-order valence-electron chi connectivity index (χ0n) is 86.1. The highest BCUT2D eigenvalue weighted by molar-refractivity contribution is 5.83. The van der Waals surface area contributed by atoms with Gasteiger partial charge in [0.2, 0.25) is 11.8 Å². The molecule has 0 fully saturated rings. The molecular weight excluding hydrogens is 1560 g/mol. The summed E-state index contributed by atoms with van der Waals surface area (Å²) in [5.74, 6) is -0.190. The maximum Gasteiger partial charge on any atom is 0.311 e. The number of hydrogen-bond donors (Lipinski definition) is 2. The first-order valence-corrected chi connectivity index (χ1v) is 56.4. The molecule has 0 rings (SSSR count). The second-order valence-electron chi connectivity index (χ2n) is 40.0. The van der Waals surface area contributed by atoms with Gasteiger partial charge in [0.15, 0.2) is 0 Å². The van der Waals surface area contributed by atoms with Gasteiger partial charge in [-0.1, -0.05) is 389 Å². The molecule has 0 radical (unpaired) electrons. The van der Waals surface area contributed by atoms with E-state index >= 15 is 0 Å². The third-order valence-corrected chi connectivity index (χ3v) is 26.9. The van der Waals surface area contributed by atoms with E-state index in [0.29, 0.717) is 32.4 Å². The zero-order chi connectivity index (χ0) is 92.0. The fraction of sp³-hybridized carbons (Fsp3) is 0.946. The molecule has 0 bridgehead atoms. The van der Waals surface area contributed by atoms with Crippen molar-refractivity contribution in [1.29, 1.82) is 0 Å². The average molecular weight is 1780 g/mol. The third kappa shape index (κ3) is 86.2. The predicted molar refractivity (Wildman–Crippen MR) is 541 cm³/mol. The molecule has 126 heavy (non-hydrogen) atoms. The van der Waals surface area contributed by atoms with E-state index in [1.807, 2.05) is 0 Å². The minimum atomic E-state index is -0.506. The van der Waals surface area contributed by atoms with Gasteiger partial charge in [0.05, 0.1) is 5.41 Å². The lowest BCUT2D eigenvalue weighted by Gasteiger charge is -2.27. The summed E-state index contributed by atoms with van der Waals surface area (Å²) < 4.78 is 25.0. The van der Waals surface area contributed by atoms with Crippen molar-refractivity contribution in [2.24, 2.45) is 5.41 Å². The van der Waals surface area contributed by atoms with Crippen molar-refractivity contribution >= 4 is 35.7 Å². The maximum absolute atomic E-state index is 13.9. The van der Waals surface area contributed by atoms with Crippen molar-refractivity contribution in [3.05, 3.63) is 0 Å². The van der Waals surface area contributed by atoms with Crippen LogP contribution >= 0.6 is 0 Å². The molecule has 0 aromatic rings. The van der Waals surface area contributed by atoms with Crippen LogP contribution in [0.4, 0.5) is 0 Å². The van der Waals surface area contributed by atoms with Crippen LogP contribution in [-0.2, 0) is 47.7 Å². The third-order valence-electron chi connectivity index (χ3n) is 26.9. The molecule has 746 valence electrons. The molecule has 0 unspecified atom stereocenters. The van der Waals surface area contributed by atoms with Crippen LogP contribution in [0.2, 0.25) is 0 Å². The highest BCUT2D eigenvalue weighted by atomic mass is 16.6. The Kier molecular flexibility index (Phi) is 93.8. The molecule has 14 nitrogen and oxygen atoms in total. The topological polar surface area (TPSA) is 170 Å². The monoisotopic (exact) mass is 1780 g/mol. The predicted octanol–water partition coefficient (Wildman–Crippen LogP) is 33.0. The summed E-state index contributed by atoms with van der Waals surface area (Å²) in [6.45, 7) is 29.3. The molecule has 14 heteroatoms. The number of esters is 4. The lowest BCUT2D eigenvalue weighted by atomic mass is 9.86. The molecule has 0 spiro atoms. The summed E-state index contributed by atoms with van der Waals surface area (Å²) >= 11 is 0. The van der Waals surface area contributed by atoms with Gasteiger partial charge in [-0.25, -0.2) is 0 Å². The summed E-state index contributed by atoms with van der Waals surface area (Å²) in [6, 6.07) is 0. The summed E-state index contributed by atoms with van der Waals surface area (Å²) in [6.07, 6.45) is 92.9. The van der Waals surface area contributed by atoms with E-state index in [4.69, 9.17) is 18.9 Å². The standard InChI is InChI=1S/C112H218N4O10/c1-11-19-27-35-46-62-80-102(81-63-47-36-28-20-12-2)123-108(119)88-70-54-43-58-74-96-115(97-75-59-44-55-71-89-109(120)124-103(82-64-48-37-29-21-13-3)83-65-49-38-30-22-14-4)100-78-94-113-106(117)91-92-107(118)114-95-79-101-116(98-76-60-45-56-72-90-110(121)125-104(84-66-50-39-31-23-15-5)85-67-51-40-32-24-16-6)99-77-61-57-73-93-112(9,10)111(122)126-105(86-68-52-41-33-25-17-7)87-69-53-42-34-26-18-8/h102-105H,11-101H2,1-10H3,(H,113,117)(H,114,118). The van der Waals surface area contributed by atoms with E-state index in [1.165, 1.54) is 257 Å². The van der Waals surface area contributed by atoms with Gasteiger partial charge in [-0.2, -0.15) is 0 Å². The van der Waals surface area contributed by atoms with Gasteiger partial charge in [-0.3, -0.25) is 28.8 Å². The first-order chi connectivity index (χ1) is 61.6. The Morgan fingerprint density at radius 3 is 0.627 bits per heavy atom. The first-order valence-electron chi connectivity index (χ1n) is 56.4. The van der Waals surface area contributed by atoms with Crippen molar-refractivity contribution < 1.29 is 47.7 Å². The van der Waals surface area contributed by atoms with Crippen LogP contribution in [-0.4, -0.2) is 122 Å². The van der Waals surface area contributed by atoms with Gasteiger partial charge in [0.25, 0.3) is 0 Å². The molecular formula is C112H218N4O10. The number of carbonyl (C=O) groups excluding carboxylic acids is 6. The first kappa shape index (κ1) is 123. The van der Waals surface area contributed by atoms with Gasteiger partial charge in [0.1, 0.15) is 24.4 Å². The Bertz CT molecular complexity index is 2210. The second-order valence-corrected chi connectivity index (χ2v) is 40.0. The fourth-order valence-electron chi connectivity index (χ4n) is 18.2. The second kappa shape index (κ2) is 96.3. The number of hydrogen-bond acceptors (Lipinski definition) is 12. The Labute approximate surface area is 783 Å². The highest BCUT2D eigenvalue weighted by Gasteiger charge is 2.31. The zero-order valence-corrected chi connectivity index (χ0v) is 86.1. The molecule has 0 atom stereocenters. The van der Waals surface area contributed by atoms with Gasteiger partial charge in [0, 0.05) is 45.2 Å². The van der Waals surface area contributed by atoms with E-state index < -0.39 is 5.41 Å². The number of carbonyl (C=O) groups is 6. The van der Waals surface area contributed by atoms with Crippen molar-refractivity contribution in [2.45, 2.75) is 627 Å². The van der Waals surface area contributed by atoms with Gasteiger partial charge < -0.3 is 39.4 Å². The Morgan fingerprint density at radius 2 is 0.397 bits per heavy atom. The van der Waals surface area contributed by atoms with E-state index in [1.54, 1.807) is 0 Å². The normalized spacial score (nSPS) is 11.9. The minimum Gasteiger partial charge on any atom is -0.462 e. The number of amides is 2. The van der Waals surface area contributed by atoms with Crippen molar-refractivity contribution in [3.8, 4) is 0 Å². The Hall–Kier alpha value is -3.26. The molecule has 0 aliphatic rings. The van der Waals surface area contributed by atoms with Crippen LogP contribution in [0.15, 0.2) is 0 Å². The number of rotatable bonds is 103. The number of ether oxygens (including phenoxy) is 4. The van der Waals surface area contributed by atoms with Crippen molar-refractivity contribution in [2.75, 3.05) is 52.4 Å². The molecule has 2 N–H and O–H groups in total. The largest absolute Gasteiger partial charge is 0.462 e. The van der Waals surface area contributed by atoms with Crippen LogP contribution < -0.4 is 10.6 Å². The molecule has 0 saturated carbocycles. The molecule has 0 aliphatic heterocycles. The van der Waals surface area contributed by atoms with Gasteiger partial charge in [-0.15, -0.1) is 0 Å². The smallest absolute Gasteiger partial charge is 0.311 e. The molecule has 0 aliphatic carbocycles. The molecule has 0 heterocycles. The highest BCUT2D eigenvalue weighted by Crippen LogP contribution is 2.30. The van der Waals surface area contributed by atoms with Crippen molar-refractivity contribution in [1.82, 2.24) is 20.4 Å². The molecule has 0 aromatic carbocycles. The molecule has 0 saturated heterocycles. The maximum atomic E-state index is 13.9. The summed E-state index contributed by atoms with van der Waals surface area (Å²) in [7, 11) is 0. The quantitative estimate of drug-likeness (QED) is 0.0336. The Balaban J connectivity index is 5.78. The van der Waals surface area contributed by atoms with Crippen LogP contribution in [0.5, 0.6) is 0 Å². The van der Waals surface area contributed by atoms with E-state index in [2.05, 4.69) is 89.7 Å². The fourth-order valence-corrected chi connectivity index (χ4v) is 18.2.